The molecule has 1 N–H and O–H groups in total. The largest absolute Gasteiger partial charge is 0.327 e. The van der Waals surface area contributed by atoms with Gasteiger partial charge >= 0.3 is 0 Å². The summed E-state index contributed by atoms with van der Waals surface area (Å²) < 4.78 is 5.14. The molecule has 0 aromatic carbocycles. The third kappa shape index (κ3) is 12.1. The molecule has 3 nitrogen and oxygen atoms in total. The predicted molar refractivity (Wildman–Crippen MR) is 57.7 cm³/mol. The Hall–Kier alpha value is 0.0969. The van der Waals surface area contributed by atoms with Crippen LogP contribution in [0.1, 0.15) is 33.6 Å². The first-order valence-corrected chi connectivity index (χ1v) is 7.72. The summed E-state index contributed by atoms with van der Waals surface area (Å²) >= 11 is 0. The highest BCUT2D eigenvalue weighted by Crippen LogP contribution is 2.19. The Morgan fingerprint density at radius 2 is 1.85 bits per heavy atom. The molecular weight excluding hydrogens is 182 g/mol. The number of nitrogens with one attached hydrogen (secondary N) is 1. The maximum Gasteiger partial charge on any atom is 0.202 e. The molecule has 4 heteroatoms. The highest BCUT2D eigenvalue weighted by Gasteiger charge is 2.08. The first kappa shape index (κ1) is 13.1. The van der Waals surface area contributed by atoms with Crippen LogP contribution >= 0.6 is 0 Å². The summed E-state index contributed by atoms with van der Waals surface area (Å²) in [5.74, 6) is 0. The Bertz CT molecular complexity index is 123. The molecule has 0 heterocycles. The molecule has 0 saturated carbocycles. The average molecular weight is 205 g/mol. The van der Waals surface area contributed by atoms with Gasteiger partial charge in [0.25, 0.3) is 0 Å². The van der Waals surface area contributed by atoms with Crippen LogP contribution in [0.4, 0.5) is 0 Å². The third-order valence-electron chi connectivity index (χ3n) is 1.52. The average Bonchev–Trinajstić information content (AvgIpc) is 1.93. The van der Waals surface area contributed by atoms with E-state index in [4.69, 9.17) is 9.36 Å². The van der Waals surface area contributed by atoms with Gasteiger partial charge in [-0.2, -0.15) is 0 Å². The molecular formula is C9H23NO2Si. The van der Waals surface area contributed by atoms with E-state index in [0.717, 1.165) is 13.0 Å². The second-order valence-corrected chi connectivity index (χ2v) is 7.10. The van der Waals surface area contributed by atoms with Crippen LogP contribution < -0.4 is 5.64 Å². The van der Waals surface area contributed by atoms with Gasteiger partial charge in [-0.25, -0.2) is 0 Å². The van der Waals surface area contributed by atoms with Gasteiger partial charge < -0.3 is 4.53 Å². The van der Waals surface area contributed by atoms with E-state index in [1.54, 1.807) is 0 Å². The lowest BCUT2D eigenvalue weighted by Gasteiger charge is -2.17. The van der Waals surface area contributed by atoms with Crippen molar-refractivity contribution < 1.29 is 9.36 Å². The second-order valence-electron chi connectivity index (χ2n) is 4.76. The zero-order valence-electron chi connectivity index (χ0n) is 9.52. The molecule has 0 amide bonds. The first-order valence-electron chi connectivity index (χ1n) is 4.94. The Morgan fingerprint density at radius 1 is 1.23 bits per heavy atom. The van der Waals surface area contributed by atoms with E-state index in [1.165, 1.54) is 6.42 Å². The minimum absolute atomic E-state index is 0.400. The summed E-state index contributed by atoms with van der Waals surface area (Å²) in [5, 5.41) is 0. The lowest BCUT2D eigenvalue weighted by molar-refractivity contribution is -0.111. The molecule has 0 aliphatic rings. The SMILES string of the molecule is C[SiH](C)ONOCCCC(C)(C)C. The number of hydrogen-bond donors (Lipinski definition) is 1. The first-order chi connectivity index (χ1) is 5.92. The monoisotopic (exact) mass is 205 g/mol. The van der Waals surface area contributed by atoms with Gasteiger partial charge in [-0.1, -0.05) is 26.4 Å². The fourth-order valence-corrected chi connectivity index (χ4v) is 1.11. The molecule has 0 rings (SSSR count). The Labute approximate surface area is 83.4 Å². The van der Waals surface area contributed by atoms with E-state index in [2.05, 4.69) is 39.5 Å². The molecule has 0 aromatic rings. The van der Waals surface area contributed by atoms with E-state index in [1.807, 2.05) is 0 Å². The van der Waals surface area contributed by atoms with E-state index < -0.39 is 9.04 Å². The lowest BCUT2D eigenvalue weighted by Crippen LogP contribution is -2.23. The van der Waals surface area contributed by atoms with Gasteiger partial charge in [0.05, 0.1) is 6.61 Å². The van der Waals surface area contributed by atoms with Gasteiger partial charge in [0.2, 0.25) is 9.04 Å². The van der Waals surface area contributed by atoms with Crippen molar-refractivity contribution in [1.29, 1.82) is 0 Å². The van der Waals surface area contributed by atoms with Crippen molar-refractivity contribution >= 4 is 9.04 Å². The molecule has 0 fully saturated rings. The summed E-state index contributed by atoms with van der Waals surface area (Å²) in [7, 11) is -0.992. The molecule has 0 aromatic heterocycles. The van der Waals surface area contributed by atoms with Crippen molar-refractivity contribution in [3.05, 3.63) is 0 Å². The van der Waals surface area contributed by atoms with E-state index in [-0.39, 0.29) is 0 Å². The zero-order chi connectivity index (χ0) is 10.3. The summed E-state index contributed by atoms with van der Waals surface area (Å²) in [6.07, 6.45) is 2.24. The second kappa shape index (κ2) is 6.54. The van der Waals surface area contributed by atoms with Gasteiger partial charge in [-0.05, 0) is 31.4 Å². The minimum atomic E-state index is -0.992. The van der Waals surface area contributed by atoms with Crippen molar-refractivity contribution in [2.24, 2.45) is 5.41 Å². The quantitative estimate of drug-likeness (QED) is 0.410. The van der Waals surface area contributed by atoms with E-state index >= 15 is 0 Å². The summed E-state index contributed by atoms with van der Waals surface area (Å²) in [6.45, 7) is 11.6. The predicted octanol–water partition coefficient (Wildman–Crippen LogP) is 2.25. The number of rotatable bonds is 6. The Balaban J connectivity index is 3.09. The van der Waals surface area contributed by atoms with Crippen molar-refractivity contribution in [1.82, 2.24) is 5.64 Å². The van der Waals surface area contributed by atoms with Crippen molar-refractivity contribution in [2.45, 2.75) is 46.7 Å². The molecule has 0 radical (unpaired) electrons. The normalized spacial score (nSPS) is 12.5. The highest BCUT2D eigenvalue weighted by atomic mass is 28.3. The molecule has 0 aliphatic heterocycles. The standard InChI is InChI=1S/C9H23NO2Si/c1-9(2,3)7-6-8-11-10-12-13(4)5/h10,13H,6-8H2,1-5H3. The molecule has 0 spiro atoms. The zero-order valence-corrected chi connectivity index (χ0v) is 10.7. The Kier molecular flexibility index (Phi) is 6.58. The minimum Gasteiger partial charge on any atom is -0.327 e. The van der Waals surface area contributed by atoms with Crippen LogP contribution in [0.2, 0.25) is 13.1 Å². The molecule has 0 saturated heterocycles. The van der Waals surface area contributed by atoms with Crippen molar-refractivity contribution in [2.75, 3.05) is 6.61 Å². The van der Waals surface area contributed by atoms with E-state index in [9.17, 15) is 0 Å². The topological polar surface area (TPSA) is 30.5 Å². The molecule has 0 atom stereocenters. The smallest absolute Gasteiger partial charge is 0.202 e. The van der Waals surface area contributed by atoms with Gasteiger partial charge in [0, 0.05) is 0 Å². The maximum atomic E-state index is 5.14. The van der Waals surface area contributed by atoms with Crippen LogP contribution in [0.5, 0.6) is 0 Å². The summed E-state index contributed by atoms with van der Waals surface area (Å²) in [5.41, 5.74) is 2.93. The maximum absolute atomic E-state index is 5.14. The number of hydrogen-bond acceptors (Lipinski definition) is 3. The van der Waals surface area contributed by atoms with Crippen LogP contribution in [0.3, 0.4) is 0 Å². The van der Waals surface area contributed by atoms with Crippen LogP contribution in [0.25, 0.3) is 0 Å². The van der Waals surface area contributed by atoms with Gasteiger partial charge in [-0.15, -0.1) is 0 Å². The van der Waals surface area contributed by atoms with Crippen LogP contribution in [0.15, 0.2) is 0 Å². The van der Waals surface area contributed by atoms with Crippen LogP contribution in [0, 0.1) is 5.41 Å². The molecule has 80 valence electrons. The van der Waals surface area contributed by atoms with Crippen molar-refractivity contribution in [3.8, 4) is 0 Å². The highest BCUT2D eigenvalue weighted by molar-refractivity contribution is 6.48. The van der Waals surface area contributed by atoms with Gasteiger partial charge in [-0.3, -0.25) is 4.84 Å². The van der Waals surface area contributed by atoms with Crippen LogP contribution in [-0.2, 0) is 9.36 Å². The van der Waals surface area contributed by atoms with Gasteiger partial charge in [0.1, 0.15) is 0 Å². The molecule has 0 unspecified atom stereocenters. The fraction of sp³-hybridized carbons (Fsp3) is 1.00. The van der Waals surface area contributed by atoms with E-state index in [0.29, 0.717) is 5.41 Å². The Morgan fingerprint density at radius 3 is 2.31 bits per heavy atom. The molecule has 0 bridgehead atoms. The van der Waals surface area contributed by atoms with Crippen LogP contribution in [-0.4, -0.2) is 15.6 Å². The summed E-state index contributed by atoms with van der Waals surface area (Å²) in [4.78, 5) is 5.10. The fourth-order valence-electron chi connectivity index (χ4n) is 0.847. The molecule has 13 heavy (non-hydrogen) atoms. The lowest BCUT2D eigenvalue weighted by atomic mass is 9.91. The van der Waals surface area contributed by atoms with Crippen molar-refractivity contribution in [3.63, 3.8) is 0 Å². The molecule has 0 aliphatic carbocycles. The summed E-state index contributed by atoms with van der Waals surface area (Å²) in [6, 6.07) is 0. The third-order valence-corrected chi connectivity index (χ3v) is 2.08. The van der Waals surface area contributed by atoms with Gasteiger partial charge in [0.15, 0.2) is 0 Å².